The topological polar surface area (TPSA) is 78.9 Å². The van der Waals surface area contributed by atoms with E-state index in [1.165, 1.54) is 276 Å². The maximum absolute atomic E-state index is 12.9. The molecule has 0 saturated heterocycles. The van der Waals surface area contributed by atoms with Gasteiger partial charge in [0.15, 0.2) is 6.10 Å². The van der Waals surface area contributed by atoms with Crippen molar-refractivity contribution in [3.05, 3.63) is 48.6 Å². The summed E-state index contributed by atoms with van der Waals surface area (Å²) in [5.74, 6) is -0.870. The number of allylic oxidation sites excluding steroid dienone is 8. The number of carbonyl (C=O) groups excluding carboxylic acids is 3. The first-order valence-corrected chi connectivity index (χ1v) is 36.6. The van der Waals surface area contributed by atoms with Crippen LogP contribution in [0.15, 0.2) is 48.6 Å². The zero-order chi connectivity index (χ0) is 59.2. The SMILES string of the molecule is CCC/C=C\C/C=C\CCCCCCCC(=O)OCC(COC(=O)CCCCCCCCCCCCCCCCCCCCCCC/C=C\CCCCCCCCCC)OC(=O)CCCCCCCCC/C=C\CCCCCCCCC. The molecule has 0 aromatic heterocycles. The minimum atomic E-state index is -0.781. The lowest BCUT2D eigenvalue weighted by Crippen LogP contribution is -2.30. The maximum atomic E-state index is 12.9. The summed E-state index contributed by atoms with van der Waals surface area (Å²) in [7, 11) is 0. The number of rotatable bonds is 68. The van der Waals surface area contributed by atoms with Gasteiger partial charge in [-0.1, -0.05) is 333 Å². The van der Waals surface area contributed by atoms with Crippen molar-refractivity contribution in [2.75, 3.05) is 13.2 Å². The van der Waals surface area contributed by atoms with Crippen LogP contribution in [0.4, 0.5) is 0 Å². The second kappa shape index (κ2) is 70.9. The second-order valence-corrected chi connectivity index (χ2v) is 24.8. The zero-order valence-electron chi connectivity index (χ0n) is 55.3. The third kappa shape index (κ3) is 68.2. The molecule has 0 aliphatic carbocycles. The van der Waals surface area contributed by atoms with E-state index >= 15 is 0 Å². The van der Waals surface area contributed by atoms with Crippen LogP contribution in [-0.2, 0) is 28.6 Å². The maximum Gasteiger partial charge on any atom is 0.306 e. The Kier molecular flexibility index (Phi) is 68.6. The average molecular weight is 1150 g/mol. The first-order chi connectivity index (χ1) is 40.5. The second-order valence-electron chi connectivity index (χ2n) is 24.8. The van der Waals surface area contributed by atoms with E-state index in [0.29, 0.717) is 19.3 Å². The van der Waals surface area contributed by atoms with Gasteiger partial charge in [0.05, 0.1) is 0 Å². The normalized spacial score (nSPS) is 12.3. The molecule has 0 saturated carbocycles. The van der Waals surface area contributed by atoms with E-state index in [9.17, 15) is 14.4 Å². The van der Waals surface area contributed by atoms with Crippen molar-refractivity contribution in [2.45, 2.75) is 406 Å². The van der Waals surface area contributed by atoms with Gasteiger partial charge in [-0.25, -0.2) is 0 Å². The molecule has 0 spiro atoms. The van der Waals surface area contributed by atoms with Crippen molar-refractivity contribution in [1.29, 1.82) is 0 Å². The van der Waals surface area contributed by atoms with Crippen LogP contribution in [0, 0.1) is 0 Å². The van der Waals surface area contributed by atoms with Crippen molar-refractivity contribution in [3.63, 3.8) is 0 Å². The van der Waals surface area contributed by atoms with Gasteiger partial charge in [-0.05, 0) is 96.3 Å². The Hall–Kier alpha value is -2.63. The van der Waals surface area contributed by atoms with Crippen molar-refractivity contribution in [2.24, 2.45) is 0 Å². The Bertz CT molecular complexity index is 1410. The largest absolute Gasteiger partial charge is 0.462 e. The Labute approximate surface area is 511 Å². The monoisotopic (exact) mass is 1150 g/mol. The van der Waals surface area contributed by atoms with Gasteiger partial charge in [0.25, 0.3) is 0 Å². The molecule has 0 amide bonds. The van der Waals surface area contributed by atoms with Gasteiger partial charge < -0.3 is 14.2 Å². The molecule has 6 heteroatoms. The average Bonchev–Trinajstić information content (AvgIpc) is 3.47. The molecule has 0 aliphatic rings. The molecule has 0 radical (unpaired) electrons. The molecule has 82 heavy (non-hydrogen) atoms. The summed E-state index contributed by atoms with van der Waals surface area (Å²) >= 11 is 0. The number of esters is 3. The van der Waals surface area contributed by atoms with Gasteiger partial charge in [0, 0.05) is 19.3 Å². The summed E-state index contributed by atoms with van der Waals surface area (Å²) in [6.07, 6.45) is 90.2. The summed E-state index contributed by atoms with van der Waals surface area (Å²) in [5, 5.41) is 0. The highest BCUT2D eigenvalue weighted by Gasteiger charge is 2.19. The minimum Gasteiger partial charge on any atom is -0.462 e. The minimum absolute atomic E-state index is 0.0754. The van der Waals surface area contributed by atoms with E-state index < -0.39 is 6.10 Å². The Morgan fingerprint density at radius 1 is 0.244 bits per heavy atom. The van der Waals surface area contributed by atoms with Gasteiger partial charge in [0.1, 0.15) is 13.2 Å². The van der Waals surface area contributed by atoms with Gasteiger partial charge in [0.2, 0.25) is 0 Å². The molecule has 0 N–H and O–H groups in total. The van der Waals surface area contributed by atoms with Crippen molar-refractivity contribution in [1.82, 2.24) is 0 Å². The number of ether oxygens (including phenoxy) is 3. The lowest BCUT2D eigenvalue weighted by Gasteiger charge is -2.18. The Morgan fingerprint density at radius 3 is 0.732 bits per heavy atom. The Balaban J connectivity index is 4.12. The highest BCUT2D eigenvalue weighted by Crippen LogP contribution is 2.18. The van der Waals surface area contributed by atoms with E-state index in [1.807, 2.05) is 0 Å². The van der Waals surface area contributed by atoms with Crippen LogP contribution < -0.4 is 0 Å². The molecule has 0 aromatic rings. The molecular weight excluding hydrogens is 1010 g/mol. The molecule has 0 aromatic carbocycles. The molecule has 1 unspecified atom stereocenters. The fraction of sp³-hybridized carbons (Fsp3) is 0.855. The standard InChI is InChI=1S/C76H140O6/c1-4-7-10-13-16-19-22-25-27-29-31-32-33-34-35-36-37-38-39-40-41-42-43-44-45-47-48-51-54-57-60-63-66-69-75(78)81-72-73(71-80-74(77)68-65-62-59-56-53-50-24-21-18-15-12-9-6-3)82-76(79)70-67-64-61-58-55-52-49-46-30-28-26-23-20-17-14-11-8-5-2/h12,15,21,24,28-31,73H,4-11,13-14,16-20,22-23,25-27,32-72H2,1-3H3/b15-12-,24-21-,30-28-,31-29-. The molecular formula is C76H140O6. The van der Waals surface area contributed by atoms with Crippen LogP contribution in [0.5, 0.6) is 0 Å². The van der Waals surface area contributed by atoms with E-state index in [2.05, 4.69) is 69.4 Å². The van der Waals surface area contributed by atoms with E-state index in [-0.39, 0.29) is 31.1 Å². The smallest absolute Gasteiger partial charge is 0.306 e. The molecule has 0 heterocycles. The fourth-order valence-corrected chi connectivity index (χ4v) is 11.0. The summed E-state index contributed by atoms with van der Waals surface area (Å²) in [5.41, 5.74) is 0. The van der Waals surface area contributed by atoms with Crippen molar-refractivity contribution in [3.8, 4) is 0 Å². The van der Waals surface area contributed by atoms with Gasteiger partial charge in [-0.15, -0.1) is 0 Å². The molecule has 1 atom stereocenters. The molecule has 0 aliphatic heterocycles. The van der Waals surface area contributed by atoms with Gasteiger partial charge in [-0.2, -0.15) is 0 Å². The van der Waals surface area contributed by atoms with Crippen LogP contribution in [0.1, 0.15) is 400 Å². The van der Waals surface area contributed by atoms with Crippen LogP contribution >= 0.6 is 0 Å². The lowest BCUT2D eigenvalue weighted by molar-refractivity contribution is -0.167. The molecule has 0 rings (SSSR count). The van der Waals surface area contributed by atoms with Crippen LogP contribution in [0.25, 0.3) is 0 Å². The van der Waals surface area contributed by atoms with E-state index in [4.69, 9.17) is 14.2 Å². The quantitative estimate of drug-likeness (QED) is 0.0261. The molecule has 480 valence electrons. The van der Waals surface area contributed by atoms with E-state index in [0.717, 1.165) is 83.5 Å². The predicted octanol–water partition coefficient (Wildman–Crippen LogP) is 25.3. The summed E-state index contributed by atoms with van der Waals surface area (Å²) in [6.45, 7) is 6.62. The van der Waals surface area contributed by atoms with Crippen molar-refractivity contribution >= 4 is 17.9 Å². The zero-order valence-corrected chi connectivity index (χ0v) is 55.3. The first-order valence-electron chi connectivity index (χ1n) is 36.6. The number of hydrogen-bond acceptors (Lipinski definition) is 6. The molecule has 0 bridgehead atoms. The van der Waals surface area contributed by atoms with Gasteiger partial charge in [-0.3, -0.25) is 14.4 Å². The molecule has 0 fully saturated rings. The van der Waals surface area contributed by atoms with E-state index in [1.54, 1.807) is 0 Å². The highest BCUT2D eigenvalue weighted by molar-refractivity contribution is 5.71. The predicted molar refractivity (Wildman–Crippen MR) is 358 cm³/mol. The first kappa shape index (κ1) is 79.4. The third-order valence-corrected chi connectivity index (χ3v) is 16.5. The highest BCUT2D eigenvalue weighted by atomic mass is 16.6. The lowest BCUT2D eigenvalue weighted by atomic mass is 10.0. The Morgan fingerprint density at radius 2 is 0.463 bits per heavy atom. The summed E-state index contributed by atoms with van der Waals surface area (Å²) in [6, 6.07) is 0. The summed E-state index contributed by atoms with van der Waals surface area (Å²) in [4.78, 5) is 38.4. The summed E-state index contributed by atoms with van der Waals surface area (Å²) < 4.78 is 17.0. The third-order valence-electron chi connectivity index (χ3n) is 16.5. The number of unbranched alkanes of at least 4 members (excludes halogenated alkanes) is 49. The van der Waals surface area contributed by atoms with Gasteiger partial charge >= 0.3 is 17.9 Å². The number of hydrogen-bond donors (Lipinski definition) is 0. The fourth-order valence-electron chi connectivity index (χ4n) is 11.0. The molecule has 6 nitrogen and oxygen atoms in total. The van der Waals surface area contributed by atoms with Crippen molar-refractivity contribution < 1.29 is 28.6 Å². The van der Waals surface area contributed by atoms with Crippen LogP contribution in [0.3, 0.4) is 0 Å². The number of carbonyl (C=O) groups is 3. The van der Waals surface area contributed by atoms with Crippen LogP contribution in [-0.4, -0.2) is 37.2 Å². The van der Waals surface area contributed by atoms with Crippen LogP contribution in [0.2, 0.25) is 0 Å².